The van der Waals surface area contributed by atoms with Crippen LogP contribution in [0.4, 0.5) is 32.1 Å². The van der Waals surface area contributed by atoms with Crippen molar-refractivity contribution in [3.8, 4) is 37.4 Å². The lowest BCUT2D eigenvalue weighted by atomic mass is 9.91. The van der Waals surface area contributed by atoms with Gasteiger partial charge >= 0.3 is 28.9 Å². The molecule has 13 rings (SSSR count). The number of thiophene rings is 3. The van der Waals surface area contributed by atoms with Crippen LogP contribution in [0.25, 0.3) is 36.3 Å². The van der Waals surface area contributed by atoms with Gasteiger partial charge < -0.3 is 53.4 Å². The highest BCUT2D eigenvalue weighted by Gasteiger charge is 2.28. The van der Waals surface area contributed by atoms with Crippen LogP contribution in [-0.4, -0.2) is 91.5 Å². The topological polar surface area (TPSA) is 304 Å². The molecule has 9 aromatic rings. The van der Waals surface area contributed by atoms with Gasteiger partial charge in [-0.15, -0.1) is 32.9 Å². The number of carbonyl (C=O) groups excluding carboxylic acids is 5. The molecule has 4 aliphatic rings. The summed E-state index contributed by atoms with van der Waals surface area (Å²) < 4.78 is 39.6. The monoisotopic (exact) mass is 1510 g/mol. The summed E-state index contributed by atoms with van der Waals surface area (Å²) in [6, 6.07) is 57.3. The molecule has 550 valence electrons. The van der Waals surface area contributed by atoms with Gasteiger partial charge in [0.15, 0.2) is 15.5 Å². The van der Waals surface area contributed by atoms with Crippen LogP contribution in [0.15, 0.2) is 180 Å². The number of para-hydroxylation sites is 1. The first kappa shape index (κ1) is 86.7. The van der Waals surface area contributed by atoms with Gasteiger partial charge in [-0.2, -0.15) is 18.8 Å². The molecular weight excluding hydrogens is 1420 g/mol. The minimum Gasteiger partial charge on any atom is -0.750 e. The highest BCUT2D eigenvalue weighted by Crippen LogP contribution is 2.43. The molecule has 6 aromatic carbocycles. The van der Waals surface area contributed by atoms with Crippen molar-refractivity contribution in [2.45, 2.75) is 107 Å². The van der Waals surface area contributed by atoms with Crippen molar-refractivity contribution in [2.24, 2.45) is 10.2 Å². The van der Waals surface area contributed by atoms with E-state index in [0.717, 1.165) is 74.8 Å². The largest absolute Gasteiger partial charge is 0.750 e. The second-order valence-electron chi connectivity index (χ2n) is 22.3. The highest BCUT2D eigenvalue weighted by molar-refractivity contribution is 7.73. The van der Waals surface area contributed by atoms with E-state index in [2.05, 4.69) is 64.4 Å². The third-order valence-electron chi connectivity index (χ3n) is 15.5. The predicted octanol–water partition coefficient (Wildman–Crippen LogP) is 17.7. The number of nitriles is 1. The van der Waals surface area contributed by atoms with E-state index in [0.29, 0.717) is 59.5 Å². The number of diazo groups is 1. The lowest BCUT2D eigenvalue weighted by Gasteiger charge is -2.36. The van der Waals surface area contributed by atoms with Gasteiger partial charge in [0.1, 0.15) is 17.7 Å². The molecule has 1 unspecified atom stereocenters. The van der Waals surface area contributed by atoms with Crippen LogP contribution in [0.3, 0.4) is 0 Å². The zero-order valence-corrected chi connectivity index (χ0v) is 61.4. The molecular formula is C78H89N8O13S5-. The van der Waals surface area contributed by atoms with E-state index in [-0.39, 0.29) is 51.7 Å². The van der Waals surface area contributed by atoms with Crippen LogP contribution in [-0.2, 0) is 76.3 Å². The van der Waals surface area contributed by atoms with Crippen molar-refractivity contribution >= 4 is 121 Å². The number of rotatable bonds is 16. The fourth-order valence-corrected chi connectivity index (χ4v) is 14.1. The van der Waals surface area contributed by atoms with Crippen molar-refractivity contribution in [2.75, 3.05) is 68.1 Å². The number of aldehydes is 1. The van der Waals surface area contributed by atoms with Crippen molar-refractivity contribution in [3.05, 3.63) is 219 Å². The van der Waals surface area contributed by atoms with E-state index in [1.165, 1.54) is 102 Å². The van der Waals surface area contributed by atoms with E-state index >= 15 is 0 Å². The Morgan fingerprint density at radius 2 is 0.962 bits per heavy atom. The predicted molar refractivity (Wildman–Crippen MR) is 418 cm³/mol. The summed E-state index contributed by atoms with van der Waals surface area (Å²) in [4.78, 5) is 67.1. The first-order valence-electron chi connectivity index (χ1n) is 32.9. The molecule has 0 fully saturated rings. The zero-order valence-electron chi connectivity index (χ0n) is 57.1. The molecule has 0 bridgehead atoms. The number of azo groups is 1. The number of hydrogen-bond donors (Lipinski definition) is 1. The Hall–Kier alpha value is -9.74. The molecule has 26 heteroatoms. The summed E-state index contributed by atoms with van der Waals surface area (Å²) in [6.07, 6.45) is 11.1. The van der Waals surface area contributed by atoms with Crippen LogP contribution in [0.2, 0.25) is 0 Å². The molecule has 0 aliphatic carbocycles. The number of aryl methyl sites for hydroxylation is 4. The third kappa shape index (κ3) is 26.2. The molecule has 3 aromatic heterocycles. The Bertz CT molecular complexity index is 4240. The van der Waals surface area contributed by atoms with Gasteiger partial charge in [0.25, 0.3) is 0 Å². The Labute approximate surface area is 630 Å². The van der Waals surface area contributed by atoms with Gasteiger partial charge in [-0.3, -0.25) is 4.79 Å². The molecule has 1 atom stereocenters. The minimum absolute atomic E-state index is 0. The third-order valence-corrected chi connectivity index (χ3v) is 18.8. The SMILES string of the molecule is C.C.CCOC(=O)CC#N.CCOC(=O)c1cc(-c2ccccc2)sc1N.CCOC(=O)c1cc(-c2ccccc2)sc1N=Nc1cc2c3c(c1)CCCN3CCC2.CCOC(=O)c1cc(-c2ccccc2)sc1[N+]#N.O=CCc1ccccc1.O=S([O-])O[O-].S.c1cc2c3c(c1)CCCN3CCC2. The molecule has 0 radical (unpaired) electrons. The number of hydrogen-bond acceptors (Lipinski definition) is 23. The maximum atomic E-state index is 12.5. The van der Waals surface area contributed by atoms with Crippen molar-refractivity contribution < 1.29 is 61.3 Å². The molecule has 21 nitrogen and oxygen atoms in total. The number of nitrogens with two attached hydrogens (primary N) is 1. The molecule has 0 spiro atoms. The van der Waals surface area contributed by atoms with Crippen molar-refractivity contribution in [1.29, 1.82) is 10.7 Å². The Morgan fingerprint density at radius 1 is 0.567 bits per heavy atom. The maximum Gasteiger partial charge on any atom is 0.455 e. The molecule has 2 N–H and O–H groups in total. The van der Waals surface area contributed by atoms with Crippen LogP contribution in [0.5, 0.6) is 0 Å². The number of benzene rings is 6. The van der Waals surface area contributed by atoms with Crippen LogP contribution in [0.1, 0.15) is 134 Å². The van der Waals surface area contributed by atoms with Gasteiger partial charge in [0, 0.05) is 58.6 Å². The minimum atomic E-state index is -2.88. The number of nitrogens with zero attached hydrogens (tertiary/aromatic N) is 7. The van der Waals surface area contributed by atoms with Gasteiger partial charge in [-0.05, 0) is 165 Å². The van der Waals surface area contributed by atoms with Crippen LogP contribution >= 0.6 is 47.5 Å². The Balaban J connectivity index is 0.000000274. The summed E-state index contributed by atoms with van der Waals surface area (Å²) in [7, 11) is 0. The quantitative estimate of drug-likeness (QED) is 0.0137. The molecule has 0 saturated carbocycles. The average molecular weight is 1510 g/mol. The van der Waals surface area contributed by atoms with Crippen LogP contribution < -0.4 is 20.8 Å². The van der Waals surface area contributed by atoms with E-state index in [1.54, 1.807) is 55.8 Å². The fraction of sp³-hybridized carbons (Fsp3) is 0.308. The summed E-state index contributed by atoms with van der Waals surface area (Å²) in [5.41, 5.74) is 21.0. The van der Waals surface area contributed by atoms with Gasteiger partial charge in [-0.1, -0.05) is 154 Å². The van der Waals surface area contributed by atoms with Gasteiger partial charge in [0.05, 0.1) is 60.7 Å². The second-order valence-corrected chi connectivity index (χ2v) is 26.0. The molecule has 104 heavy (non-hydrogen) atoms. The Kier molecular flexibility index (Phi) is 39.0. The van der Waals surface area contributed by atoms with E-state index in [9.17, 15) is 24.0 Å². The van der Waals surface area contributed by atoms with Gasteiger partial charge in [-0.25, -0.2) is 18.6 Å². The first-order chi connectivity index (χ1) is 49.2. The fourth-order valence-electron chi connectivity index (χ4n) is 11.3. The summed E-state index contributed by atoms with van der Waals surface area (Å²) >= 11 is 1.24. The number of anilines is 3. The van der Waals surface area contributed by atoms with E-state index in [4.69, 9.17) is 44.6 Å². The second kappa shape index (κ2) is 46.8. The highest BCUT2D eigenvalue weighted by atomic mass is 32.2. The van der Waals surface area contributed by atoms with Crippen molar-refractivity contribution in [1.82, 2.24) is 0 Å². The van der Waals surface area contributed by atoms with Gasteiger partial charge in [0.2, 0.25) is 5.39 Å². The standard InChI is InChI=1S/C25H25N3O2S.C13H11N2O2S.C13H13NO2S.C12H15N.C8H8O.C5H7NO2.2CH4.H2O4S.H2S/c1-2-30-25(29)21-16-22(17-8-4-3-5-9-17)31-24(21)27-26-20-14-18-10-6-12-28-13-7-11-19(15-20)23(18)28;1-2-17-13(16)10-8-11(18-12(10)15-14)9-6-4-3-5-7-9;1-2-16-13(15)10-8-11(17-12(10)14)9-6-4-3-5-7-9;1-4-10-6-2-8-13-9-3-7-11(5-1)12(10)13;9-7-6-8-4-2-1-3-5-8;1-2-8-5(7)3-4-6;;;1-4-5(2)3;/h3-5,8-9,14-16H,2,6-7,10-13H2,1H3;3-8H,2H2,1H3;3-8H,2,14H2,1H3;1,4-5H,2-3,6-9H2;1-5,7H,6H2;2-3H2,1H3;2*1H4;1H,(H,2,3);1H2/q;+1;;;;;;;;/p-2. The average Bonchev–Trinajstić information content (AvgIpc) is 1.15. The lowest BCUT2D eigenvalue weighted by molar-refractivity contribution is -0.635. The Morgan fingerprint density at radius 3 is 1.39 bits per heavy atom. The normalized spacial score (nSPS) is 12.4. The number of esters is 4. The summed E-state index contributed by atoms with van der Waals surface area (Å²) in [5, 5.41) is 35.8. The summed E-state index contributed by atoms with van der Waals surface area (Å²) in [6.45, 7) is 13.2. The van der Waals surface area contributed by atoms with Crippen LogP contribution in [0, 0.1) is 16.7 Å². The number of nitrogen functional groups attached to an aromatic ring is 1. The molecule has 0 amide bonds. The lowest BCUT2D eigenvalue weighted by Crippen LogP contribution is -2.34. The van der Waals surface area contributed by atoms with E-state index < -0.39 is 23.3 Å². The molecule has 0 saturated heterocycles. The maximum absolute atomic E-state index is 12.5. The summed E-state index contributed by atoms with van der Waals surface area (Å²) in [5.74, 6) is -1.63. The van der Waals surface area contributed by atoms with E-state index in [1.807, 2.05) is 134 Å². The number of ether oxygens (including phenoxy) is 4. The zero-order chi connectivity index (χ0) is 72.3. The molecule has 4 aliphatic heterocycles. The molecule has 7 heterocycles. The van der Waals surface area contributed by atoms with Crippen molar-refractivity contribution in [3.63, 3.8) is 0 Å². The number of carbonyl (C=O) groups is 5. The smallest absolute Gasteiger partial charge is 0.455 e. The first-order valence-corrected chi connectivity index (χ1v) is 36.4.